The van der Waals surface area contributed by atoms with Crippen LogP contribution in [-0.2, 0) is 9.59 Å². The van der Waals surface area contributed by atoms with Gasteiger partial charge < -0.3 is 10.6 Å². The summed E-state index contributed by atoms with van der Waals surface area (Å²) >= 11 is 4.15. The lowest BCUT2D eigenvalue weighted by Crippen LogP contribution is -2.30. The average molecular weight is 453 g/mol. The Balaban J connectivity index is 1.80. The number of nitrogens with zero attached hydrogens (tertiary/aromatic N) is 2. The number of carbonyl (C=O) groups is 2. The molecule has 0 spiro atoms. The second-order valence-corrected chi connectivity index (χ2v) is 10.3. The molecule has 2 rings (SSSR count). The minimum Gasteiger partial charge on any atom is -0.355 e. The van der Waals surface area contributed by atoms with E-state index in [0.717, 1.165) is 27.1 Å². The molecule has 0 saturated carbocycles. The van der Waals surface area contributed by atoms with Crippen molar-refractivity contribution in [3.05, 3.63) is 35.9 Å². The zero-order chi connectivity index (χ0) is 21.1. The highest BCUT2D eigenvalue weighted by molar-refractivity contribution is 8.03. The highest BCUT2D eigenvalue weighted by Crippen LogP contribution is 2.29. The van der Waals surface area contributed by atoms with Crippen molar-refractivity contribution in [3.63, 3.8) is 0 Å². The van der Waals surface area contributed by atoms with Crippen molar-refractivity contribution in [1.82, 2.24) is 20.8 Å². The van der Waals surface area contributed by atoms with E-state index in [2.05, 4.69) is 34.7 Å². The van der Waals surface area contributed by atoms with Gasteiger partial charge in [0.1, 0.15) is 0 Å². The number of amides is 2. The lowest BCUT2D eigenvalue weighted by Gasteiger charge is -2.21. The third kappa shape index (κ3) is 9.18. The molecule has 158 valence electrons. The molecule has 0 aliphatic carbocycles. The van der Waals surface area contributed by atoms with Gasteiger partial charge in [0, 0.05) is 6.54 Å². The number of carbonyl (C=O) groups excluding carboxylic acids is 2. The van der Waals surface area contributed by atoms with Crippen LogP contribution in [0.4, 0.5) is 0 Å². The molecule has 1 aromatic heterocycles. The Morgan fingerprint density at radius 1 is 1.03 bits per heavy atom. The molecule has 0 fully saturated rings. The smallest absolute Gasteiger partial charge is 0.230 e. The van der Waals surface area contributed by atoms with Crippen molar-refractivity contribution >= 4 is 46.7 Å². The molecule has 0 aliphatic heterocycles. The first kappa shape index (κ1) is 23.7. The maximum Gasteiger partial charge on any atom is 0.230 e. The molecule has 2 amide bonds. The van der Waals surface area contributed by atoms with Crippen LogP contribution in [0.15, 0.2) is 39.0 Å². The first-order valence-corrected chi connectivity index (χ1v) is 12.5. The first-order chi connectivity index (χ1) is 14.0. The summed E-state index contributed by atoms with van der Waals surface area (Å²) in [5, 5.41) is 14.2. The zero-order valence-corrected chi connectivity index (χ0v) is 19.5. The molecular weight excluding hydrogens is 424 g/mol. The van der Waals surface area contributed by atoms with E-state index in [4.69, 9.17) is 0 Å². The summed E-state index contributed by atoms with van der Waals surface area (Å²) < 4.78 is 1.47. The maximum atomic E-state index is 12.5. The predicted octanol–water partition coefficient (Wildman–Crippen LogP) is 4.15. The summed E-state index contributed by atoms with van der Waals surface area (Å²) in [4.78, 5) is 24.1. The fourth-order valence-electron chi connectivity index (χ4n) is 2.55. The van der Waals surface area contributed by atoms with Gasteiger partial charge in [-0.15, -0.1) is 10.2 Å². The fourth-order valence-corrected chi connectivity index (χ4v) is 5.22. The Morgan fingerprint density at radius 3 is 2.24 bits per heavy atom. The Hall–Kier alpha value is -1.58. The number of hydrogen-bond donors (Lipinski definition) is 2. The summed E-state index contributed by atoms with van der Waals surface area (Å²) in [5.74, 6) is 1.07. The number of thioether (sulfide) groups is 2. The van der Waals surface area contributed by atoms with Crippen molar-refractivity contribution in [1.29, 1.82) is 0 Å². The van der Waals surface area contributed by atoms with Gasteiger partial charge in [0.2, 0.25) is 11.8 Å². The zero-order valence-electron chi connectivity index (χ0n) is 17.0. The van der Waals surface area contributed by atoms with E-state index in [-0.39, 0.29) is 23.6 Å². The predicted molar refractivity (Wildman–Crippen MR) is 121 cm³/mol. The quantitative estimate of drug-likeness (QED) is 0.471. The minimum absolute atomic E-state index is 0.00210. The highest BCUT2D eigenvalue weighted by atomic mass is 32.2. The largest absolute Gasteiger partial charge is 0.355 e. The second-order valence-electron chi connectivity index (χ2n) is 6.92. The van der Waals surface area contributed by atoms with Crippen molar-refractivity contribution in [2.24, 2.45) is 5.92 Å². The third-order valence-corrected chi connectivity index (χ3v) is 7.05. The van der Waals surface area contributed by atoms with Crippen LogP contribution in [0.2, 0.25) is 0 Å². The standard InChI is InChI=1S/C20H28N4O2S3/c1-4-10-21-17(25)12-27-19-23-24-20(29-19)28-13-18(26)22-16(11-14(2)3)15-8-6-5-7-9-15/h5-9,14,16H,4,10-13H2,1-3H3,(H,21,25)(H,22,26). The van der Waals surface area contributed by atoms with Gasteiger partial charge in [0.15, 0.2) is 8.68 Å². The Kier molecular flexibility index (Phi) is 10.5. The lowest BCUT2D eigenvalue weighted by atomic mass is 9.97. The summed E-state index contributed by atoms with van der Waals surface area (Å²) in [6.45, 7) is 7.01. The molecule has 29 heavy (non-hydrogen) atoms. The monoisotopic (exact) mass is 452 g/mol. The van der Waals surface area contributed by atoms with Crippen LogP contribution in [0.25, 0.3) is 0 Å². The van der Waals surface area contributed by atoms with Gasteiger partial charge in [-0.25, -0.2) is 0 Å². The molecular formula is C20H28N4O2S3. The van der Waals surface area contributed by atoms with Gasteiger partial charge in [-0.2, -0.15) is 0 Å². The van der Waals surface area contributed by atoms with E-state index < -0.39 is 0 Å². The molecule has 1 aromatic carbocycles. The van der Waals surface area contributed by atoms with E-state index in [0.29, 0.717) is 18.2 Å². The van der Waals surface area contributed by atoms with Crippen LogP contribution in [0.5, 0.6) is 0 Å². The molecule has 0 bridgehead atoms. The number of benzene rings is 1. The van der Waals surface area contributed by atoms with Gasteiger partial charge in [-0.05, 0) is 24.3 Å². The summed E-state index contributed by atoms with van der Waals surface area (Å²) in [5.41, 5.74) is 1.12. The topological polar surface area (TPSA) is 84.0 Å². The van der Waals surface area contributed by atoms with Crippen LogP contribution in [0.1, 0.15) is 45.2 Å². The molecule has 2 aromatic rings. The molecule has 2 N–H and O–H groups in total. The van der Waals surface area contributed by atoms with Crippen LogP contribution >= 0.6 is 34.9 Å². The van der Waals surface area contributed by atoms with Gasteiger partial charge in [-0.3, -0.25) is 9.59 Å². The van der Waals surface area contributed by atoms with Crippen LogP contribution in [0.3, 0.4) is 0 Å². The van der Waals surface area contributed by atoms with E-state index in [1.54, 1.807) is 0 Å². The van der Waals surface area contributed by atoms with Gasteiger partial charge in [0.05, 0.1) is 17.5 Å². The normalized spacial score (nSPS) is 12.0. The lowest BCUT2D eigenvalue weighted by molar-refractivity contribution is -0.119. The van der Waals surface area contributed by atoms with Gasteiger partial charge in [-0.1, -0.05) is 86.0 Å². The Morgan fingerprint density at radius 2 is 1.66 bits per heavy atom. The number of rotatable bonds is 12. The van der Waals surface area contributed by atoms with E-state index in [9.17, 15) is 9.59 Å². The van der Waals surface area contributed by atoms with Crippen molar-refractivity contribution in [2.45, 2.75) is 48.3 Å². The number of hydrogen-bond acceptors (Lipinski definition) is 7. The second kappa shape index (κ2) is 12.9. The molecule has 0 saturated heterocycles. The van der Waals surface area contributed by atoms with Crippen molar-refractivity contribution < 1.29 is 9.59 Å². The highest BCUT2D eigenvalue weighted by Gasteiger charge is 2.17. The molecule has 0 radical (unpaired) electrons. The van der Waals surface area contributed by atoms with E-state index >= 15 is 0 Å². The van der Waals surface area contributed by atoms with E-state index in [1.165, 1.54) is 34.9 Å². The SMILES string of the molecule is CCCNC(=O)CSc1nnc(SCC(=O)NC(CC(C)C)c2ccccc2)s1. The van der Waals surface area contributed by atoms with Gasteiger partial charge >= 0.3 is 0 Å². The third-order valence-electron chi connectivity index (χ3n) is 3.86. The van der Waals surface area contributed by atoms with Crippen molar-refractivity contribution in [3.8, 4) is 0 Å². The van der Waals surface area contributed by atoms with Crippen LogP contribution in [0, 0.1) is 5.92 Å². The molecule has 1 heterocycles. The average Bonchev–Trinajstić information content (AvgIpc) is 3.17. The van der Waals surface area contributed by atoms with Crippen LogP contribution < -0.4 is 10.6 Å². The Labute approximate surface area is 185 Å². The first-order valence-electron chi connectivity index (χ1n) is 9.68. The molecule has 0 aliphatic rings. The minimum atomic E-state index is -0.0205. The van der Waals surface area contributed by atoms with Gasteiger partial charge in [0.25, 0.3) is 0 Å². The maximum absolute atomic E-state index is 12.5. The molecule has 9 heteroatoms. The summed E-state index contributed by atoms with van der Waals surface area (Å²) in [7, 11) is 0. The number of nitrogens with one attached hydrogen (secondary N) is 2. The summed E-state index contributed by atoms with van der Waals surface area (Å²) in [6, 6.07) is 10.1. The number of aromatic nitrogens is 2. The molecule has 6 nitrogen and oxygen atoms in total. The molecule has 1 unspecified atom stereocenters. The fraction of sp³-hybridized carbons (Fsp3) is 0.500. The Bertz CT molecular complexity index is 768. The molecule has 1 atom stereocenters. The van der Waals surface area contributed by atoms with Crippen molar-refractivity contribution in [2.75, 3.05) is 18.1 Å². The van der Waals surface area contributed by atoms with E-state index in [1.807, 2.05) is 37.3 Å². The van der Waals surface area contributed by atoms with Crippen LogP contribution in [-0.4, -0.2) is 40.1 Å². The summed E-state index contributed by atoms with van der Waals surface area (Å²) in [6.07, 6.45) is 1.81.